The molecule has 10 aromatic rings. The monoisotopic (exact) mass is 804 g/mol. The highest BCUT2D eigenvalue weighted by molar-refractivity contribution is 6.23. The quantitative estimate of drug-likeness (QED) is 0.164. The van der Waals surface area contributed by atoms with E-state index in [9.17, 15) is 0 Å². The topological polar surface area (TPSA) is 6.48 Å². The van der Waals surface area contributed by atoms with Crippen molar-refractivity contribution in [2.75, 3.05) is 9.80 Å². The van der Waals surface area contributed by atoms with Gasteiger partial charge in [-0.15, -0.1) is 0 Å². The van der Waals surface area contributed by atoms with Crippen LogP contribution in [-0.4, -0.2) is 0 Å². The van der Waals surface area contributed by atoms with Crippen molar-refractivity contribution in [3.63, 3.8) is 0 Å². The molecule has 1 aliphatic carbocycles. The van der Waals surface area contributed by atoms with Crippen LogP contribution in [0, 0.1) is 0 Å². The summed E-state index contributed by atoms with van der Waals surface area (Å²) in [6.07, 6.45) is 1.84. The molecule has 0 spiro atoms. The summed E-state index contributed by atoms with van der Waals surface area (Å²) < 4.78 is 0. The predicted octanol–water partition coefficient (Wildman–Crippen LogP) is 16.4. The molecule has 63 heavy (non-hydrogen) atoms. The highest BCUT2D eigenvalue weighted by atomic mass is 15.2. The normalized spacial score (nSPS) is 14.1. The summed E-state index contributed by atoms with van der Waals surface area (Å²) in [4.78, 5) is 4.97. The summed E-state index contributed by atoms with van der Waals surface area (Å²) in [7, 11) is 0. The Kier molecular flexibility index (Phi) is 7.81. The highest BCUT2D eigenvalue weighted by Crippen LogP contribution is 2.54. The molecule has 2 nitrogen and oxygen atoms in total. The summed E-state index contributed by atoms with van der Waals surface area (Å²) in [6.45, 7) is 4.77. The van der Waals surface area contributed by atoms with E-state index in [1.807, 2.05) is 0 Å². The molecular weight excluding hydrogens is 761 g/mol. The van der Waals surface area contributed by atoms with E-state index < -0.39 is 0 Å². The van der Waals surface area contributed by atoms with Crippen LogP contribution in [0.4, 0.5) is 34.1 Å². The maximum absolute atomic E-state index is 2.50. The minimum Gasteiger partial charge on any atom is -0.310 e. The van der Waals surface area contributed by atoms with Gasteiger partial charge in [-0.3, -0.25) is 0 Å². The molecule has 2 aliphatic heterocycles. The lowest BCUT2D eigenvalue weighted by molar-refractivity contribution is 0.660. The Morgan fingerprint density at radius 3 is 1.29 bits per heavy atom. The molecule has 0 saturated heterocycles. The molecule has 2 heteroatoms. The van der Waals surface area contributed by atoms with Gasteiger partial charge >= 0.3 is 0 Å². The maximum atomic E-state index is 2.50. The number of para-hydroxylation sites is 4. The fourth-order valence-corrected chi connectivity index (χ4v) is 11.3. The Hall–Kier alpha value is -7.68. The fraction of sp³-hybridized carbons (Fsp3) is 0.0820. The molecule has 3 aliphatic rings. The number of hydrogen-bond donors (Lipinski definition) is 0. The lowest BCUT2D eigenvalue weighted by Gasteiger charge is -2.34. The van der Waals surface area contributed by atoms with E-state index in [4.69, 9.17) is 0 Å². The summed E-state index contributed by atoms with van der Waals surface area (Å²) in [5, 5.41) is 4.97. The van der Waals surface area contributed by atoms with Crippen molar-refractivity contribution in [3.8, 4) is 33.4 Å². The van der Waals surface area contributed by atoms with Crippen LogP contribution in [-0.2, 0) is 18.3 Å². The Labute approximate surface area is 369 Å². The van der Waals surface area contributed by atoms with Crippen molar-refractivity contribution in [2.45, 2.75) is 32.1 Å². The summed E-state index contributed by atoms with van der Waals surface area (Å²) in [5.74, 6) is 0. The molecule has 2 heterocycles. The first kappa shape index (κ1) is 36.0. The summed E-state index contributed by atoms with van der Waals surface area (Å²) >= 11 is 0. The zero-order valence-corrected chi connectivity index (χ0v) is 35.4. The Bertz CT molecular complexity index is 3250. The molecule has 0 saturated carbocycles. The first-order valence-electron chi connectivity index (χ1n) is 22.3. The molecule has 298 valence electrons. The van der Waals surface area contributed by atoms with Gasteiger partial charge in [-0.1, -0.05) is 166 Å². The first-order valence-corrected chi connectivity index (χ1v) is 22.3. The third kappa shape index (κ3) is 5.38. The number of hydrogen-bond acceptors (Lipinski definition) is 2. The van der Waals surface area contributed by atoms with Gasteiger partial charge in [0.15, 0.2) is 0 Å². The second-order valence-corrected chi connectivity index (χ2v) is 18.0. The largest absolute Gasteiger partial charge is 0.310 e. The molecule has 0 amide bonds. The van der Waals surface area contributed by atoms with Crippen LogP contribution in [0.2, 0.25) is 0 Å². The predicted molar refractivity (Wildman–Crippen MR) is 265 cm³/mol. The summed E-state index contributed by atoms with van der Waals surface area (Å²) in [5.41, 5.74) is 22.9. The minimum atomic E-state index is -0.123. The van der Waals surface area contributed by atoms with Crippen molar-refractivity contribution in [3.05, 3.63) is 240 Å². The van der Waals surface area contributed by atoms with Crippen molar-refractivity contribution < 1.29 is 0 Å². The van der Waals surface area contributed by atoms with Crippen LogP contribution in [0.25, 0.3) is 54.9 Å². The van der Waals surface area contributed by atoms with Gasteiger partial charge in [-0.25, -0.2) is 0 Å². The van der Waals surface area contributed by atoms with Crippen LogP contribution in [0.3, 0.4) is 0 Å². The first-order chi connectivity index (χ1) is 31.0. The molecular formula is C61H44N2. The van der Waals surface area contributed by atoms with Crippen LogP contribution in [0.1, 0.15) is 47.2 Å². The lowest BCUT2D eigenvalue weighted by atomic mass is 9.80. The van der Waals surface area contributed by atoms with E-state index >= 15 is 0 Å². The molecule has 0 radical (unpaired) electrons. The van der Waals surface area contributed by atoms with E-state index in [-0.39, 0.29) is 5.41 Å². The second-order valence-electron chi connectivity index (χ2n) is 18.0. The third-order valence-electron chi connectivity index (χ3n) is 14.2. The van der Waals surface area contributed by atoms with Crippen molar-refractivity contribution in [1.29, 1.82) is 0 Å². The van der Waals surface area contributed by atoms with Gasteiger partial charge < -0.3 is 9.80 Å². The van der Waals surface area contributed by atoms with E-state index in [0.29, 0.717) is 0 Å². The number of benzene rings is 10. The van der Waals surface area contributed by atoms with Crippen molar-refractivity contribution in [2.24, 2.45) is 0 Å². The SMILES string of the molecule is CC1(C)c2ccccc2-c2ccc(-c3c4ccc(N5c6ccccc6Cc6ccccc65)cc4c(-c4ccccc4)c4cc(N5c6ccccc6Cc6ccccc65)ccc34)cc21. The third-order valence-corrected chi connectivity index (χ3v) is 14.2. The number of nitrogens with zero attached hydrogens (tertiary/aromatic N) is 2. The molecule has 0 fully saturated rings. The summed E-state index contributed by atoms with van der Waals surface area (Å²) in [6, 6.07) is 77.4. The average molecular weight is 805 g/mol. The highest BCUT2D eigenvalue weighted by Gasteiger charge is 2.36. The van der Waals surface area contributed by atoms with Crippen LogP contribution < -0.4 is 9.80 Å². The fourth-order valence-electron chi connectivity index (χ4n) is 11.3. The smallest absolute Gasteiger partial charge is 0.0497 e. The molecule has 13 rings (SSSR count). The Morgan fingerprint density at radius 1 is 0.333 bits per heavy atom. The van der Waals surface area contributed by atoms with Crippen molar-refractivity contribution in [1.82, 2.24) is 0 Å². The standard InChI is InChI=1S/C61H44N2/c1-61(2)53-23-11-10-22-47(53)48-31-28-44(36-54(48)61)60-49-32-29-45(62-55-24-12-6-18-40(55)34-41-19-7-13-25-56(41)62)37-51(49)59(39-16-4-3-5-17-39)52-38-46(30-33-50(52)60)63-57-26-14-8-20-42(57)35-43-21-9-15-27-58(43)63/h3-33,36-38H,34-35H2,1-2H3. The van der Waals surface area contributed by atoms with E-state index in [1.54, 1.807) is 0 Å². The molecule has 0 N–H and O–H groups in total. The van der Waals surface area contributed by atoms with Gasteiger partial charge in [0.1, 0.15) is 0 Å². The van der Waals surface area contributed by atoms with Gasteiger partial charge in [0.25, 0.3) is 0 Å². The molecule has 0 unspecified atom stereocenters. The lowest BCUT2D eigenvalue weighted by Crippen LogP contribution is -2.18. The van der Waals surface area contributed by atoms with E-state index in [0.717, 1.165) is 24.2 Å². The molecule has 0 bridgehead atoms. The van der Waals surface area contributed by atoms with Gasteiger partial charge in [0.05, 0.1) is 0 Å². The van der Waals surface area contributed by atoms with Crippen molar-refractivity contribution >= 4 is 55.7 Å². The van der Waals surface area contributed by atoms with Crippen LogP contribution in [0.5, 0.6) is 0 Å². The number of rotatable bonds is 4. The number of fused-ring (bicyclic) bond motifs is 9. The van der Waals surface area contributed by atoms with E-state index in [2.05, 4.69) is 230 Å². The van der Waals surface area contributed by atoms with Gasteiger partial charge in [0, 0.05) is 52.4 Å². The average Bonchev–Trinajstić information content (AvgIpc) is 3.56. The van der Waals surface area contributed by atoms with Gasteiger partial charge in [0.2, 0.25) is 0 Å². The zero-order chi connectivity index (χ0) is 41.8. The molecule has 0 aromatic heterocycles. The second kappa shape index (κ2) is 13.7. The van der Waals surface area contributed by atoms with Gasteiger partial charge in [-0.2, -0.15) is 0 Å². The zero-order valence-electron chi connectivity index (χ0n) is 35.4. The Morgan fingerprint density at radius 2 is 0.762 bits per heavy atom. The number of anilines is 6. The Balaban J connectivity index is 1.13. The van der Waals surface area contributed by atoms with Gasteiger partial charge in [-0.05, 0) is 143 Å². The molecule has 0 atom stereocenters. The van der Waals surface area contributed by atoms with E-state index in [1.165, 1.54) is 111 Å². The minimum absolute atomic E-state index is 0.123. The van der Waals surface area contributed by atoms with Crippen LogP contribution >= 0.6 is 0 Å². The molecule has 10 aromatic carbocycles. The van der Waals surface area contributed by atoms with Crippen LogP contribution in [0.15, 0.2) is 206 Å². The maximum Gasteiger partial charge on any atom is 0.0497 e.